The number of phosphoric acid groups is 3. The third-order valence-electron chi connectivity index (χ3n) is 3.68. The molecule has 30 heavy (non-hydrogen) atoms. The van der Waals surface area contributed by atoms with Crippen molar-refractivity contribution in [3.63, 3.8) is 0 Å². The van der Waals surface area contributed by atoms with E-state index in [1.807, 2.05) is 0 Å². The lowest BCUT2D eigenvalue weighted by atomic mass is 10.0. The predicted molar refractivity (Wildman–Crippen MR) is 85.1 cm³/mol. The van der Waals surface area contributed by atoms with Gasteiger partial charge in [0.05, 0.1) is 12.2 Å². The first-order chi connectivity index (χ1) is 13.5. The van der Waals surface area contributed by atoms with Gasteiger partial charge in [-0.2, -0.15) is 0 Å². The second kappa shape index (κ2) is 8.84. The number of aromatic amines is 1. The molecule has 4 unspecified atom stereocenters. The average molecular weight is 495 g/mol. The Kier molecular flexibility index (Phi) is 7.44. The van der Waals surface area contributed by atoms with Gasteiger partial charge in [-0.3, -0.25) is 23.1 Å². The van der Waals surface area contributed by atoms with Gasteiger partial charge in [-0.05, 0) is 0 Å². The minimum Gasteiger partial charge on any atom is -0.756 e. The van der Waals surface area contributed by atoms with Crippen LogP contribution in [0.4, 0.5) is 0 Å². The molecule has 1 aliphatic rings. The van der Waals surface area contributed by atoms with Gasteiger partial charge in [-0.1, -0.05) is 0 Å². The van der Waals surface area contributed by atoms with Gasteiger partial charge in [-0.15, -0.1) is 0 Å². The molecule has 172 valence electrons. The molecule has 2 rings (SSSR count). The van der Waals surface area contributed by atoms with Crippen LogP contribution >= 0.6 is 23.5 Å². The van der Waals surface area contributed by atoms with Crippen LogP contribution in [0.5, 0.6) is 0 Å². The number of aromatic nitrogens is 2. The van der Waals surface area contributed by atoms with Gasteiger partial charge in [-0.25, -0.2) is 13.4 Å². The van der Waals surface area contributed by atoms with E-state index in [0.717, 1.165) is 13.2 Å². The average Bonchev–Trinajstić information content (AvgIpc) is 2.83. The van der Waals surface area contributed by atoms with Crippen LogP contribution in [0.3, 0.4) is 0 Å². The molecule has 0 radical (unpaired) electrons. The molecule has 1 aromatic heterocycles. The van der Waals surface area contributed by atoms with Crippen LogP contribution < -0.4 is 25.9 Å². The molecule has 0 bridgehead atoms. The zero-order valence-electron chi connectivity index (χ0n) is 14.6. The highest BCUT2D eigenvalue weighted by Gasteiger charge is 2.45. The summed E-state index contributed by atoms with van der Waals surface area (Å²) in [6.07, 6.45) is -5.86. The zero-order chi connectivity index (χ0) is 23.1. The molecule has 1 fully saturated rings. The van der Waals surface area contributed by atoms with Crippen molar-refractivity contribution < 1.29 is 61.4 Å². The Balaban J connectivity index is 2.09. The van der Waals surface area contributed by atoms with E-state index < -0.39 is 65.7 Å². The fraction of sp³-hybridized carbons (Fsp3) is 0.600. The third kappa shape index (κ3) is 6.24. The second-order valence-electron chi connectivity index (χ2n) is 5.81. The van der Waals surface area contributed by atoms with E-state index in [9.17, 15) is 48.2 Å². The lowest BCUT2D eigenvalue weighted by molar-refractivity contribution is -0.250. The van der Waals surface area contributed by atoms with Crippen molar-refractivity contribution in [3.8, 4) is 0 Å². The summed E-state index contributed by atoms with van der Waals surface area (Å²) in [7, 11) is -16.7. The standard InChI is InChI=1S/C10H17N2O15P3/c1-12-9(15)4(2-11-10(12)16)8-7(14)6(13)5(25-8)3-24-29(20,21)27-30(22,23)26-28(17,18)19/h2,5-8,13-14H,3H2,1H3,(H,11,16)(H,20,21)(H,22,23)(H2,17,18,19)/p-3/t5-,6?,7+,8+/m1/s1. The number of H-pyrrole nitrogens is 1. The Morgan fingerprint density at radius 2 is 1.73 bits per heavy atom. The highest BCUT2D eigenvalue weighted by atomic mass is 31.3. The largest absolute Gasteiger partial charge is 0.756 e. The highest BCUT2D eigenvalue weighted by Crippen LogP contribution is 2.61. The maximum absolute atomic E-state index is 12.1. The fourth-order valence-electron chi connectivity index (χ4n) is 2.38. The number of aliphatic hydroxyl groups excluding tert-OH is 2. The van der Waals surface area contributed by atoms with Gasteiger partial charge in [0.1, 0.15) is 24.4 Å². The molecule has 7 atom stereocenters. The van der Waals surface area contributed by atoms with Gasteiger partial charge in [0, 0.05) is 13.2 Å². The Labute approximate surface area is 165 Å². The Morgan fingerprint density at radius 1 is 1.13 bits per heavy atom. The van der Waals surface area contributed by atoms with Crippen LogP contribution in [0.2, 0.25) is 0 Å². The van der Waals surface area contributed by atoms with E-state index >= 15 is 0 Å². The van der Waals surface area contributed by atoms with Gasteiger partial charge >= 0.3 is 5.69 Å². The minimum atomic E-state index is -6.11. The summed E-state index contributed by atoms with van der Waals surface area (Å²) in [5, 5.41) is 20.0. The molecule has 0 saturated carbocycles. The Hall–Kier alpha value is -1.03. The number of rotatable bonds is 8. The first-order valence-corrected chi connectivity index (χ1v) is 12.0. The highest BCUT2D eigenvalue weighted by molar-refractivity contribution is 7.65. The molecule has 2 heterocycles. The van der Waals surface area contributed by atoms with Crippen LogP contribution in [0.15, 0.2) is 15.8 Å². The van der Waals surface area contributed by atoms with Crippen molar-refractivity contribution in [2.45, 2.75) is 24.4 Å². The molecule has 4 N–H and O–H groups in total. The lowest BCUT2D eigenvalue weighted by Gasteiger charge is -2.33. The van der Waals surface area contributed by atoms with E-state index in [1.54, 1.807) is 0 Å². The Bertz CT molecular complexity index is 1040. The monoisotopic (exact) mass is 495 g/mol. The van der Waals surface area contributed by atoms with Crippen LogP contribution in [-0.2, 0) is 38.6 Å². The first kappa shape index (κ1) is 25.2. The quantitative estimate of drug-likeness (QED) is 0.248. The second-order valence-corrected chi connectivity index (χ2v) is 10.1. The number of aliphatic hydroxyl groups is 2. The summed E-state index contributed by atoms with van der Waals surface area (Å²) >= 11 is 0. The summed E-state index contributed by atoms with van der Waals surface area (Å²) in [5.41, 5.74) is -1.96. The summed E-state index contributed by atoms with van der Waals surface area (Å²) in [5.74, 6) is 0. The molecular weight excluding hydrogens is 481 g/mol. The van der Waals surface area contributed by atoms with Crippen molar-refractivity contribution in [2.24, 2.45) is 7.05 Å². The third-order valence-corrected chi connectivity index (χ3v) is 7.37. The van der Waals surface area contributed by atoms with E-state index in [4.69, 9.17) is 9.63 Å². The normalized spacial score (nSPS) is 30.4. The van der Waals surface area contributed by atoms with Gasteiger partial charge < -0.3 is 44.0 Å². The number of nitrogens with one attached hydrogen (secondary N) is 1. The zero-order valence-corrected chi connectivity index (χ0v) is 17.3. The van der Waals surface area contributed by atoms with E-state index in [1.165, 1.54) is 0 Å². The maximum atomic E-state index is 12.1. The molecule has 17 nitrogen and oxygen atoms in total. The topological polar surface area (TPSA) is 273 Å². The van der Waals surface area contributed by atoms with Gasteiger partial charge in [0.15, 0.2) is 0 Å². The molecule has 20 heteroatoms. The van der Waals surface area contributed by atoms with Crippen molar-refractivity contribution in [1.82, 2.24) is 9.55 Å². The molecule has 0 amide bonds. The van der Waals surface area contributed by atoms with E-state index in [-0.39, 0.29) is 5.56 Å². The van der Waals surface area contributed by atoms with Crippen LogP contribution in [0, 0.1) is 0 Å². The number of nitrogens with zero attached hydrogens (tertiary/aromatic N) is 1. The van der Waals surface area contributed by atoms with Crippen LogP contribution in [0.1, 0.15) is 11.7 Å². The summed E-state index contributed by atoms with van der Waals surface area (Å²) in [6, 6.07) is 0. The number of hydrogen-bond donors (Lipinski definition) is 4. The summed E-state index contributed by atoms with van der Waals surface area (Å²) in [6.45, 7) is -1.15. The SMILES string of the molecule is Cn1c(=O)[nH]cc([C@@H]2O[C@H](COP(=O)([O-])OP(=O)([O-])OP(=O)([O-])O)C(O)[C@@H]2O)c1=O. The first-order valence-electron chi connectivity index (χ1n) is 7.56. The van der Waals surface area contributed by atoms with Crippen LogP contribution in [-0.4, -0.2) is 49.6 Å². The van der Waals surface area contributed by atoms with Crippen molar-refractivity contribution in [2.75, 3.05) is 6.61 Å². The van der Waals surface area contributed by atoms with Gasteiger partial charge in [0.25, 0.3) is 29.0 Å². The van der Waals surface area contributed by atoms with Crippen molar-refractivity contribution in [1.29, 1.82) is 0 Å². The molecule has 1 saturated heterocycles. The smallest absolute Gasteiger partial charge is 0.328 e. The Morgan fingerprint density at radius 3 is 2.30 bits per heavy atom. The lowest BCUT2D eigenvalue weighted by Crippen LogP contribution is -2.37. The molecule has 1 aliphatic heterocycles. The van der Waals surface area contributed by atoms with Gasteiger partial charge in [0.2, 0.25) is 0 Å². The predicted octanol–water partition coefficient (Wildman–Crippen LogP) is -4.32. The number of ether oxygens (including phenoxy) is 1. The molecule has 0 aromatic carbocycles. The molecule has 1 aromatic rings. The minimum absolute atomic E-state index is 0.292. The van der Waals surface area contributed by atoms with E-state index in [0.29, 0.717) is 4.57 Å². The molecular formula is C10H14N2O15P3-3. The fourth-order valence-corrected chi connectivity index (χ4v) is 5.28. The molecule has 0 aliphatic carbocycles. The van der Waals surface area contributed by atoms with E-state index in [2.05, 4.69) is 18.1 Å². The summed E-state index contributed by atoms with van der Waals surface area (Å²) < 4.78 is 49.5. The number of hydrogen-bond acceptors (Lipinski definition) is 14. The van der Waals surface area contributed by atoms with Crippen molar-refractivity contribution >= 4 is 23.5 Å². The maximum Gasteiger partial charge on any atom is 0.328 e. The molecule has 0 spiro atoms. The number of phosphoric ester groups is 1. The van der Waals surface area contributed by atoms with Crippen molar-refractivity contribution in [3.05, 3.63) is 32.6 Å². The summed E-state index contributed by atoms with van der Waals surface area (Å²) in [4.78, 5) is 66.9. The van der Waals surface area contributed by atoms with Crippen LogP contribution in [0.25, 0.3) is 0 Å².